The third-order valence-electron chi connectivity index (χ3n) is 1.12. The number of hydrogen-bond acceptors (Lipinski definition) is 0. The van der Waals surface area contributed by atoms with E-state index in [0.717, 1.165) is 5.56 Å². The molecule has 0 heteroatoms. The van der Waals surface area contributed by atoms with Crippen molar-refractivity contribution in [3.8, 4) is 0 Å². The van der Waals surface area contributed by atoms with Crippen LogP contribution in [0, 0.1) is 13.8 Å². The second-order valence-electron chi connectivity index (χ2n) is 1.99. The van der Waals surface area contributed by atoms with Crippen LogP contribution >= 0.6 is 0 Å². The maximum Gasteiger partial charge on any atom is 0.0280 e. The Morgan fingerprint density at radius 1 is 1.12 bits per heavy atom. The molecule has 42 valence electrons. The summed E-state index contributed by atoms with van der Waals surface area (Å²) in [6, 6.07) is 8.04. The molecular weight excluding hydrogens is 96.1 g/mol. The van der Waals surface area contributed by atoms with Gasteiger partial charge in [0.2, 0.25) is 0 Å². The first-order valence-electron chi connectivity index (χ1n) is 3.38. The molecule has 0 aliphatic rings. The fourth-order valence-corrected chi connectivity index (χ4v) is 0.588. The van der Waals surface area contributed by atoms with E-state index in [0.29, 0.717) is 6.90 Å². The minimum Gasteiger partial charge on any atom is -0.0591 e. The Hall–Kier alpha value is -0.780. The molecule has 1 aromatic rings. The summed E-state index contributed by atoms with van der Waals surface area (Å²) in [6.07, 6.45) is 0. The van der Waals surface area contributed by atoms with E-state index in [-0.39, 0.29) is 0 Å². The average molecular weight is 106 g/mol. The van der Waals surface area contributed by atoms with E-state index in [1.165, 1.54) is 5.56 Å². The van der Waals surface area contributed by atoms with Crippen LogP contribution in [0.4, 0.5) is 0 Å². The van der Waals surface area contributed by atoms with Crippen molar-refractivity contribution in [3.63, 3.8) is 0 Å². The van der Waals surface area contributed by atoms with E-state index in [1.807, 2.05) is 31.2 Å². The first kappa shape index (κ1) is 4.13. The van der Waals surface area contributed by atoms with Gasteiger partial charge in [0.05, 0.1) is 0 Å². The lowest BCUT2D eigenvalue weighted by molar-refractivity contribution is 1.40. The Labute approximate surface area is 51.6 Å². The van der Waals surface area contributed by atoms with Crippen LogP contribution in [0.3, 0.4) is 0 Å². The van der Waals surface area contributed by atoms with Gasteiger partial charge < -0.3 is 0 Å². The molecule has 0 amide bonds. The van der Waals surface area contributed by atoms with Gasteiger partial charge in [0.1, 0.15) is 0 Å². The summed E-state index contributed by atoms with van der Waals surface area (Å²) < 4.78 is 7.01. The van der Waals surface area contributed by atoms with Crippen molar-refractivity contribution in [1.29, 1.82) is 0 Å². The van der Waals surface area contributed by atoms with Crippen LogP contribution in [0.15, 0.2) is 24.3 Å². The van der Waals surface area contributed by atoms with Gasteiger partial charge in [0.25, 0.3) is 0 Å². The molecule has 0 bridgehead atoms. The molecule has 1 rings (SSSR count). The molecule has 0 aliphatic heterocycles. The highest BCUT2D eigenvalue weighted by Gasteiger charge is 1.79. The number of rotatable bonds is 0. The highest BCUT2D eigenvalue weighted by atomic mass is 13.9. The van der Waals surface area contributed by atoms with Crippen LogP contribution in [-0.4, -0.2) is 0 Å². The summed E-state index contributed by atoms with van der Waals surface area (Å²) in [5.41, 5.74) is 2.34. The summed E-state index contributed by atoms with van der Waals surface area (Å²) >= 11 is 0. The topological polar surface area (TPSA) is 0 Å². The largest absolute Gasteiger partial charge is 0.0591 e. The zero-order valence-electron chi connectivity index (χ0n) is 6.02. The summed E-state index contributed by atoms with van der Waals surface area (Å²) in [4.78, 5) is 0. The smallest absolute Gasteiger partial charge is 0.0280 e. The fourth-order valence-electron chi connectivity index (χ4n) is 0.588. The maximum absolute atomic E-state index is 7.01. The van der Waals surface area contributed by atoms with Crippen molar-refractivity contribution in [2.75, 3.05) is 0 Å². The van der Waals surface area contributed by atoms with E-state index < -0.39 is 0 Å². The highest BCUT2D eigenvalue weighted by Crippen LogP contribution is 1.99. The molecule has 1 aromatic carbocycles. The van der Waals surface area contributed by atoms with E-state index >= 15 is 0 Å². The summed E-state index contributed by atoms with van der Waals surface area (Å²) in [7, 11) is 0. The molecule has 0 nitrogen and oxygen atoms in total. The van der Waals surface area contributed by atoms with Gasteiger partial charge in [-0.05, 0) is 13.8 Å². The zero-order chi connectivity index (χ0) is 6.69. The van der Waals surface area contributed by atoms with Gasteiger partial charge in [-0.15, -0.1) is 0 Å². The van der Waals surface area contributed by atoms with E-state index in [4.69, 9.17) is 1.37 Å². The summed E-state index contributed by atoms with van der Waals surface area (Å²) in [5, 5.41) is 0. The first-order valence-corrected chi connectivity index (χ1v) is 2.67. The maximum atomic E-state index is 7.01. The Kier molecular flexibility index (Phi) is 1.03. The molecule has 0 saturated carbocycles. The highest BCUT2D eigenvalue weighted by molar-refractivity contribution is 5.19. The Morgan fingerprint density at radius 2 is 1.62 bits per heavy atom. The third kappa shape index (κ3) is 1.09. The van der Waals surface area contributed by atoms with Crippen molar-refractivity contribution in [2.24, 2.45) is 0 Å². The molecule has 0 fully saturated rings. The average Bonchev–Trinajstić information content (AvgIpc) is 1.90. The monoisotopic (exact) mass is 106 g/mol. The van der Waals surface area contributed by atoms with E-state index in [9.17, 15) is 0 Å². The molecule has 0 radical (unpaired) electrons. The molecule has 0 heterocycles. The Bertz CT molecular complexity index is 176. The zero-order valence-corrected chi connectivity index (χ0v) is 5.02. The molecule has 0 atom stereocenters. The van der Waals surface area contributed by atoms with Crippen LogP contribution in [0.5, 0.6) is 0 Å². The normalized spacial score (nSPS) is 10.9. The van der Waals surface area contributed by atoms with Gasteiger partial charge in [0.15, 0.2) is 0 Å². The van der Waals surface area contributed by atoms with Gasteiger partial charge in [-0.2, -0.15) is 0 Å². The Balaban J connectivity index is 2.88. The minimum absolute atomic E-state index is 0.389. The van der Waals surface area contributed by atoms with E-state index in [1.54, 1.807) is 0 Å². The van der Waals surface area contributed by atoms with Gasteiger partial charge >= 0.3 is 0 Å². The first-order chi connectivity index (χ1) is 4.33. The molecule has 0 unspecified atom stereocenters. The fraction of sp³-hybridized carbons (Fsp3) is 0.250. The quantitative estimate of drug-likeness (QED) is 0.476. The van der Waals surface area contributed by atoms with Crippen molar-refractivity contribution in [1.82, 2.24) is 0 Å². The molecular formula is C8H10. The summed E-state index contributed by atoms with van der Waals surface area (Å²) in [5.74, 6) is 0. The molecule has 0 saturated heterocycles. The van der Waals surface area contributed by atoms with Crippen LogP contribution in [-0.2, 0) is 0 Å². The molecule has 0 aromatic heterocycles. The van der Waals surface area contributed by atoms with Crippen LogP contribution < -0.4 is 0 Å². The van der Waals surface area contributed by atoms with Crippen molar-refractivity contribution in [3.05, 3.63) is 35.4 Å². The van der Waals surface area contributed by atoms with Gasteiger partial charge in [-0.1, -0.05) is 35.4 Å². The van der Waals surface area contributed by atoms with Crippen molar-refractivity contribution < 1.29 is 1.37 Å². The molecule has 0 spiro atoms. The predicted molar refractivity (Wildman–Crippen MR) is 35.9 cm³/mol. The lowest BCUT2D eigenvalue weighted by Gasteiger charge is -1.90. The standard InChI is InChI=1S/C8H10/c1-7-3-5-8(2)6-4-7/h3-6H,1-2H3/i1H. The summed E-state index contributed by atoms with van der Waals surface area (Å²) in [6.45, 7) is 2.44. The lowest BCUT2D eigenvalue weighted by Crippen LogP contribution is -1.70. The van der Waals surface area contributed by atoms with Gasteiger partial charge in [0, 0.05) is 1.37 Å². The van der Waals surface area contributed by atoms with Crippen molar-refractivity contribution in [2.45, 2.75) is 13.8 Å². The van der Waals surface area contributed by atoms with Crippen LogP contribution in [0.1, 0.15) is 12.5 Å². The number of aryl methyl sites for hydroxylation is 2. The second kappa shape index (κ2) is 1.99. The molecule has 8 heavy (non-hydrogen) atoms. The number of benzene rings is 1. The van der Waals surface area contributed by atoms with E-state index in [2.05, 4.69) is 0 Å². The van der Waals surface area contributed by atoms with Crippen LogP contribution in [0.2, 0.25) is 0 Å². The second-order valence-corrected chi connectivity index (χ2v) is 1.99. The predicted octanol–water partition coefficient (Wildman–Crippen LogP) is 2.30. The SMILES string of the molecule is [1H]Cc1ccc(C)cc1. The molecule has 0 aliphatic carbocycles. The lowest BCUT2D eigenvalue weighted by atomic mass is 10.2. The minimum atomic E-state index is 0.389. The number of hydrogen-bond donors (Lipinski definition) is 0. The molecule has 0 N–H and O–H groups in total. The Morgan fingerprint density at radius 3 is 2.12 bits per heavy atom. The van der Waals surface area contributed by atoms with Gasteiger partial charge in [-0.25, -0.2) is 0 Å². The van der Waals surface area contributed by atoms with Crippen LogP contribution in [0.25, 0.3) is 0 Å². The van der Waals surface area contributed by atoms with Crippen molar-refractivity contribution >= 4 is 0 Å². The van der Waals surface area contributed by atoms with Gasteiger partial charge in [-0.3, -0.25) is 0 Å². The third-order valence-corrected chi connectivity index (χ3v) is 1.12.